The van der Waals surface area contributed by atoms with E-state index in [1.54, 1.807) is 20.8 Å². The number of ether oxygens (including phenoxy) is 1. The molecule has 0 unspecified atom stereocenters. The second-order valence-corrected chi connectivity index (χ2v) is 5.04. The van der Waals surface area contributed by atoms with Gasteiger partial charge >= 0.3 is 5.97 Å². The Bertz CT molecular complexity index is 386. The summed E-state index contributed by atoms with van der Waals surface area (Å²) < 4.78 is 5.14. The van der Waals surface area contributed by atoms with Crippen molar-refractivity contribution in [2.45, 2.75) is 59.5 Å². The highest BCUT2D eigenvalue weighted by Gasteiger charge is 2.22. The molecule has 0 spiro atoms. The Labute approximate surface area is 110 Å². The smallest absolute Gasteiger partial charge is 0.342 e. The molecule has 0 aromatic rings. The largest absolute Gasteiger partial charge is 0.456 e. The summed E-state index contributed by atoms with van der Waals surface area (Å²) in [5.74, 6) is 4.70. The molecule has 0 saturated carbocycles. The van der Waals surface area contributed by atoms with Crippen molar-refractivity contribution < 1.29 is 14.3 Å². The molecule has 0 atom stereocenters. The summed E-state index contributed by atoms with van der Waals surface area (Å²) >= 11 is 0. The minimum Gasteiger partial charge on any atom is -0.456 e. The maximum Gasteiger partial charge on any atom is 0.342 e. The van der Waals surface area contributed by atoms with E-state index in [0.717, 1.165) is 19.3 Å². The fourth-order valence-electron chi connectivity index (χ4n) is 1.10. The quantitative estimate of drug-likeness (QED) is 0.192. The lowest BCUT2D eigenvalue weighted by molar-refractivity contribution is -0.150. The van der Waals surface area contributed by atoms with Gasteiger partial charge in [-0.1, -0.05) is 25.2 Å². The summed E-state index contributed by atoms with van der Waals surface area (Å²) in [5, 5.41) is 0. The highest BCUT2D eigenvalue weighted by atomic mass is 16.6. The van der Waals surface area contributed by atoms with Crippen LogP contribution in [0.25, 0.3) is 0 Å². The standard InChI is InChI=1S/C15H22O3/c1-6-7-8-9-10-11-13(12(2)16)14(17)18-15(3,4)5/h11H,6-8H2,1-5H3/b13-11+. The molecule has 0 heterocycles. The third-order valence-electron chi connectivity index (χ3n) is 1.97. The minimum absolute atomic E-state index is 0.00826. The first-order valence-electron chi connectivity index (χ1n) is 6.20. The van der Waals surface area contributed by atoms with Gasteiger partial charge in [0.1, 0.15) is 11.2 Å². The van der Waals surface area contributed by atoms with Crippen LogP contribution in [0, 0.1) is 11.8 Å². The van der Waals surface area contributed by atoms with Crippen LogP contribution in [0.3, 0.4) is 0 Å². The van der Waals surface area contributed by atoms with Crippen LogP contribution in [0.5, 0.6) is 0 Å². The minimum atomic E-state index is -0.611. The maximum atomic E-state index is 11.7. The molecule has 100 valence electrons. The highest BCUT2D eigenvalue weighted by molar-refractivity contribution is 6.16. The van der Waals surface area contributed by atoms with Crippen LogP contribution in [0.2, 0.25) is 0 Å². The van der Waals surface area contributed by atoms with Crippen LogP contribution in [-0.4, -0.2) is 17.4 Å². The summed E-state index contributed by atoms with van der Waals surface area (Å²) in [6.07, 6.45) is 4.21. The van der Waals surface area contributed by atoms with Gasteiger partial charge in [0.25, 0.3) is 0 Å². The van der Waals surface area contributed by atoms with Gasteiger partial charge in [-0.25, -0.2) is 4.79 Å². The first-order valence-corrected chi connectivity index (χ1v) is 6.20. The van der Waals surface area contributed by atoms with Gasteiger partial charge in [-0.15, -0.1) is 0 Å². The molecular weight excluding hydrogens is 228 g/mol. The maximum absolute atomic E-state index is 11.7. The van der Waals surface area contributed by atoms with Gasteiger partial charge in [0.15, 0.2) is 5.78 Å². The van der Waals surface area contributed by atoms with Crippen molar-refractivity contribution >= 4 is 11.8 Å². The number of esters is 1. The number of Topliss-reactive ketones (excluding diaryl/α,β-unsaturated/α-hetero) is 1. The average Bonchev–Trinajstić information content (AvgIpc) is 2.19. The van der Waals surface area contributed by atoms with Crippen molar-refractivity contribution in [3.05, 3.63) is 11.6 Å². The topological polar surface area (TPSA) is 43.4 Å². The van der Waals surface area contributed by atoms with E-state index in [1.807, 2.05) is 0 Å². The molecule has 0 bridgehead atoms. The molecule has 0 amide bonds. The zero-order valence-electron chi connectivity index (χ0n) is 11.9. The summed E-state index contributed by atoms with van der Waals surface area (Å²) in [4.78, 5) is 23.1. The lowest BCUT2D eigenvalue weighted by Crippen LogP contribution is -2.26. The SMILES string of the molecule is CCCCC#C/C=C(\C(C)=O)C(=O)OC(C)(C)C. The third-order valence-corrected chi connectivity index (χ3v) is 1.97. The number of carbonyl (C=O) groups excluding carboxylic acids is 2. The van der Waals surface area contributed by atoms with E-state index in [1.165, 1.54) is 13.0 Å². The third kappa shape index (κ3) is 7.67. The second kappa shape index (κ2) is 7.71. The molecule has 0 aliphatic rings. The summed E-state index contributed by atoms with van der Waals surface area (Å²) in [5.41, 5.74) is -0.602. The van der Waals surface area contributed by atoms with Crippen LogP contribution in [0.4, 0.5) is 0 Å². The van der Waals surface area contributed by atoms with Gasteiger partial charge in [0.05, 0.1) is 0 Å². The summed E-state index contributed by atoms with van der Waals surface area (Å²) in [7, 11) is 0. The van der Waals surface area contributed by atoms with E-state index in [9.17, 15) is 9.59 Å². The molecule has 0 aromatic heterocycles. The molecule has 0 N–H and O–H groups in total. The Morgan fingerprint density at radius 3 is 2.33 bits per heavy atom. The van der Waals surface area contributed by atoms with Crippen molar-refractivity contribution in [3.8, 4) is 11.8 Å². The Kier molecular flexibility index (Phi) is 7.04. The zero-order valence-corrected chi connectivity index (χ0v) is 11.9. The van der Waals surface area contributed by atoms with Crippen molar-refractivity contribution in [1.82, 2.24) is 0 Å². The zero-order chi connectivity index (χ0) is 14.2. The number of unbranched alkanes of at least 4 members (excludes halogenated alkanes) is 2. The van der Waals surface area contributed by atoms with E-state index >= 15 is 0 Å². The Morgan fingerprint density at radius 2 is 1.89 bits per heavy atom. The van der Waals surface area contributed by atoms with Crippen molar-refractivity contribution in [1.29, 1.82) is 0 Å². The van der Waals surface area contributed by atoms with Crippen LogP contribution >= 0.6 is 0 Å². The first kappa shape index (κ1) is 16.4. The molecular formula is C15H22O3. The number of rotatable bonds is 4. The van der Waals surface area contributed by atoms with Crippen molar-refractivity contribution in [2.75, 3.05) is 0 Å². The molecule has 3 nitrogen and oxygen atoms in total. The number of hydrogen-bond donors (Lipinski definition) is 0. The van der Waals surface area contributed by atoms with Crippen LogP contribution < -0.4 is 0 Å². The van der Waals surface area contributed by atoms with E-state index < -0.39 is 11.6 Å². The van der Waals surface area contributed by atoms with E-state index in [-0.39, 0.29) is 11.4 Å². The molecule has 3 heteroatoms. The lowest BCUT2D eigenvalue weighted by Gasteiger charge is -2.19. The van der Waals surface area contributed by atoms with Gasteiger partial charge < -0.3 is 4.74 Å². The average molecular weight is 250 g/mol. The summed E-state index contributed by atoms with van der Waals surface area (Å²) in [6.45, 7) is 8.70. The fourth-order valence-corrected chi connectivity index (χ4v) is 1.10. The van der Waals surface area contributed by atoms with Gasteiger partial charge in [-0.2, -0.15) is 0 Å². The molecule has 0 rings (SSSR count). The van der Waals surface area contributed by atoms with Crippen LogP contribution in [0.1, 0.15) is 53.9 Å². The van der Waals surface area contributed by atoms with Gasteiger partial charge in [-0.05, 0) is 34.1 Å². The lowest BCUT2D eigenvalue weighted by atomic mass is 10.1. The molecule has 0 saturated heterocycles. The fraction of sp³-hybridized carbons (Fsp3) is 0.600. The molecule has 0 radical (unpaired) electrons. The van der Waals surface area contributed by atoms with Crippen molar-refractivity contribution in [3.63, 3.8) is 0 Å². The van der Waals surface area contributed by atoms with Crippen LogP contribution in [0.15, 0.2) is 11.6 Å². The highest BCUT2D eigenvalue weighted by Crippen LogP contribution is 2.11. The number of allylic oxidation sites excluding steroid dienone is 1. The molecule has 0 aromatic carbocycles. The predicted octanol–water partition coefficient (Wildman–Crippen LogP) is 3.04. The number of hydrogen-bond acceptors (Lipinski definition) is 3. The number of carbonyl (C=O) groups is 2. The normalized spacial score (nSPS) is 11.5. The second-order valence-electron chi connectivity index (χ2n) is 5.04. The number of ketones is 1. The van der Waals surface area contributed by atoms with E-state index in [4.69, 9.17) is 4.74 Å². The molecule has 18 heavy (non-hydrogen) atoms. The Morgan fingerprint density at radius 1 is 1.28 bits per heavy atom. The predicted molar refractivity (Wildman–Crippen MR) is 71.9 cm³/mol. The molecule has 0 fully saturated rings. The van der Waals surface area contributed by atoms with Crippen LogP contribution in [-0.2, 0) is 14.3 Å². The van der Waals surface area contributed by atoms with Gasteiger partial charge in [0, 0.05) is 12.5 Å². The Balaban J connectivity index is 4.74. The first-order chi connectivity index (χ1) is 8.28. The molecule has 0 aliphatic carbocycles. The monoisotopic (exact) mass is 250 g/mol. The van der Waals surface area contributed by atoms with E-state index in [0.29, 0.717) is 0 Å². The molecule has 0 aliphatic heterocycles. The Hall–Kier alpha value is -1.56. The van der Waals surface area contributed by atoms with Crippen molar-refractivity contribution in [2.24, 2.45) is 0 Å². The van der Waals surface area contributed by atoms with Gasteiger partial charge in [0.2, 0.25) is 0 Å². The van der Waals surface area contributed by atoms with Gasteiger partial charge in [-0.3, -0.25) is 4.79 Å². The van der Waals surface area contributed by atoms with E-state index in [2.05, 4.69) is 18.8 Å². The summed E-state index contributed by atoms with van der Waals surface area (Å²) in [6, 6.07) is 0.